The predicted octanol–water partition coefficient (Wildman–Crippen LogP) is 3.77. The quantitative estimate of drug-likeness (QED) is 0.658. The van der Waals surface area contributed by atoms with E-state index in [1.807, 2.05) is 0 Å². The molecule has 1 fully saturated rings. The predicted molar refractivity (Wildman–Crippen MR) is 107 cm³/mol. The first-order chi connectivity index (χ1) is 14.1. The molecule has 9 heteroatoms. The Hall–Kier alpha value is -2.39. The Balaban J connectivity index is 1.69. The summed E-state index contributed by atoms with van der Waals surface area (Å²) < 4.78 is 65.5. The summed E-state index contributed by atoms with van der Waals surface area (Å²) in [6.45, 7) is -0.109. The van der Waals surface area contributed by atoms with Crippen LogP contribution in [0.1, 0.15) is 29.5 Å². The van der Waals surface area contributed by atoms with E-state index in [-0.39, 0.29) is 29.5 Å². The van der Waals surface area contributed by atoms with Crippen molar-refractivity contribution >= 4 is 20.9 Å². The summed E-state index contributed by atoms with van der Waals surface area (Å²) in [5.74, 6) is 0.696. The van der Waals surface area contributed by atoms with Crippen molar-refractivity contribution in [2.75, 3.05) is 11.5 Å². The Bertz CT molecular complexity index is 1170. The Morgan fingerprint density at radius 2 is 1.83 bits per heavy atom. The van der Waals surface area contributed by atoms with E-state index in [2.05, 4.69) is 4.98 Å². The summed E-state index contributed by atoms with van der Waals surface area (Å²) in [6, 6.07) is 12.2. The molecule has 1 aromatic heterocycles. The van der Waals surface area contributed by atoms with Crippen LogP contribution in [0, 0.1) is 5.92 Å². The van der Waals surface area contributed by atoms with Gasteiger partial charge in [-0.15, -0.1) is 0 Å². The largest absolute Gasteiger partial charge is 0.416 e. The lowest BCUT2D eigenvalue weighted by Gasteiger charge is -2.20. The molecule has 2 unspecified atom stereocenters. The van der Waals surface area contributed by atoms with Gasteiger partial charge in [-0.3, -0.25) is 0 Å². The number of halogens is 3. The lowest BCUT2D eigenvalue weighted by Crippen LogP contribution is -2.18. The molecule has 4 rings (SSSR count). The summed E-state index contributed by atoms with van der Waals surface area (Å²) in [7, 11) is -3.06. The first-order valence-electron chi connectivity index (χ1n) is 9.63. The number of aliphatic hydroxyl groups excluding tert-OH is 1. The second-order valence-corrected chi connectivity index (χ2v) is 9.93. The molecule has 0 spiro atoms. The number of imidazole rings is 1. The average Bonchev–Trinajstić information content (AvgIpc) is 3.20. The first-order valence-corrected chi connectivity index (χ1v) is 11.4. The van der Waals surface area contributed by atoms with Gasteiger partial charge in [0.05, 0.1) is 40.8 Å². The maximum absolute atomic E-state index is 13.4. The van der Waals surface area contributed by atoms with Crippen LogP contribution in [0.3, 0.4) is 0 Å². The van der Waals surface area contributed by atoms with Crippen molar-refractivity contribution < 1.29 is 26.7 Å². The number of aliphatic hydroxyl groups is 1. The third-order valence-electron chi connectivity index (χ3n) is 5.51. The number of benzene rings is 2. The molecule has 2 heterocycles. The lowest BCUT2D eigenvalue weighted by atomic mass is 10.0. The smallest absolute Gasteiger partial charge is 0.387 e. The summed E-state index contributed by atoms with van der Waals surface area (Å²) >= 11 is 0. The van der Waals surface area contributed by atoms with Gasteiger partial charge in [0.2, 0.25) is 0 Å². The number of nitrogens with zero attached hydrogens (tertiary/aromatic N) is 2. The molecule has 0 amide bonds. The maximum Gasteiger partial charge on any atom is 0.416 e. The lowest BCUT2D eigenvalue weighted by molar-refractivity contribution is -0.139. The van der Waals surface area contributed by atoms with Gasteiger partial charge in [0.1, 0.15) is 5.82 Å². The van der Waals surface area contributed by atoms with Gasteiger partial charge in [0.25, 0.3) is 0 Å². The average molecular weight is 438 g/mol. The van der Waals surface area contributed by atoms with Crippen LogP contribution >= 0.6 is 0 Å². The molecule has 30 heavy (non-hydrogen) atoms. The summed E-state index contributed by atoms with van der Waals surface area (Å²) in [5.41, 5.74) is 0.282. The molecule has 0 saturated carbocycles. The minimum Gasteiger partial charge on any atom is -0.387 e. The molecule has 1 saturated heterocycles. The first kappa shape index (κ1) is 20.9. The van der Waals surface area contributed by atoms with E-state index in [4.69, 9.17) is 0 Å². The highest BCUT2D eigenvalue weighted by Crippen LogP contribution is 2.35. The van der Waals surface area contributed by atoms with E-state index in [9.17, 15) is 26.7 Å². The maximum atomic E-state index is 13.4. The van der Waals surface area contributed by atoms with E-state index < -0.39 is 27.7 Å². The van der Waals surface area contributed by atoms with E-state index in [1.54, 1.807) is 28.8 Å². The molecule has 2 aromatic carbocycles. The zero-order valence-electron chi connectivity index (χ0n) is 16.0. The van der Waals surface area contributed by atoms with Crippen molar-refractivity contribution in [3.05, 3.63) is 65.5 Å². The van der Waals surface area contributed by atoms with Crippen molar-refractivity contribution in [1.82, 2.24) is 9.55 Å². The molecule has 0 aliphatic carbocycles. The van der Waals surface area contributed by atoms with Crippen molar-refractivity contribution in [2.45, 2.75) is 31.7 Å². The highest BCUT2D eigenvalue weighted by Gasteiger charge is 2.35. The molecule has 0 bridgehead atoms. The fraction of sp³-hybridized carbons (Fsp3) is 0.381. The normalized spacial score (nSPS) is 19.9. The standard InChI is InChI=1S/C21H21F3N2O3S/c22-21(23,24)16-6-2-1-5-15(16)19(27)12-26-18-8-4-3-7-17(18)25-20(26)11-14-9-10-30(28,29)13-14/h1-8,14,19,27H,9-13H2. The summed E-state index contributed by atoms with van der Waals surface area (Å²) in [5, 5.41) is 10.7. The zero-order chi connectivity index (χ0) is 21.5. The summed E-state index contributed by atoms with van der Waals surface area (Å²) in [6.07, 6.45) is -5.05. The third kappa shape index (κ3) is 4.22. The second kappa shape index (κ2) is 7.70. The van der Waals surface area contributed by atoms with Gasteiger partial charge >= 0.3 is 6.18 Å². The minimum absolute atomic E-state index is 0.0790. The van der Waals surface area contributed by atoms with Crippen LogP contribution in [0.4, 0.5) is 13.2 Å². The third-order valence-corrected chi connectivity index (χ3v) is 7.35. The van der Waals surface area contributed by atoms with Gasteiger partial charge in [-0.25, -0.2) is 13.4 Å². The van der Waals surface area contributed by atoms with Crippen molar-refractivity contribution in [3.63, 3.8) is 0 Å². The molecule has 0 radical (unpaired) electrons. The molecular formula is C21H21F3N2O3S. The van der Waals surface area contributed by atoms with Gasteiger partial charge in [0.15, 0.2) is 9.84 Å². The van der Waals surface area contributed by atoms with Crippen molar-refractivity contribution in [2.24, 2.45) is 5.92 Å². The van der Waals surface area contributed by atoms with Crippen LogP contribution in [0.25, 0.3) is 11.0 Å². The topological polar surface area (TPSA) is 72.2 Å². The molecule has 1 aliphatic rings. The van der Waals surface area contributed by atoms with E-state index >= 15 is 0 Å². The minimum atomic E-state index is -4.57. The Morgan fingerprint density at radius 3 is 2.53 bits per heavy atom. The zero-order valence-corrected chi connectivity index (χ0v) is 16.8. The highest BCUT2D eigenvalue weighted by molar-refractivity contribution is 7.91. The van der Waals surface area contributed by atoms with Gasteiger partial charge in [-0.05, 0) is 36.1 Å². The fourth-order valence-electron chi connectivity index (χ4n) is 4.09. The number of hydrogen-bond donors (Lipinski definition) is 1. The van der Waals surface area contributed by atoms with E-state index in [0.29, 0.717) is 29.7 Å². The number of rotatable bonds is 5. The van der Waals surface area contributed by atoms with Crippen LogP contribution in [-0.2, 0) is 29.0 Å². The molecule has 5 nitrogen and oxygen atoms in total. The van der Waals surface area contributed by atoms with E-state index in [1.165, 1.54) is 18.2 Å². The Morgan fingerprint density at radius 1 is 1.13 bits per heavy atom. The van der Waals surface area contributed by atoms with Crippen molar-refractivity contribution in [3.8, 4) is 0 Å². The molecular weight excluding hydrogens is 417 g/mol. The van der Waals surface area contributed by atoms with Gasteiger partial charge in [-0.1, -0.05) is 30.3 Å². The number of hydrogen-bond acceptors (Lipinski definition) is 4. The van der Waals surface area contributed by atoms with Gasteiger partial charge in [0, 0.05) is 6.42 Å². The Kier molecular flexibility index (Phi) is 5.36. The number of sulfone groups is 1. The van der Waals surface area contributed by atoms with Crippen LogP contribution in [0.2, 0.25) is 0 Å². The van der Waals surface area contributed by atoms with Gasteiger partial charge < -0.3 is 9.67 Å². The molecule has 160 valence electrons. The fourth-order valence-corrected chi connectivity index (χ4v) is 5.96. The highest BCUT2D eigenvalue weighted by atomic mass is 32.2. The molecule has 1 N–H and O–H groups in total. The van der Waals surface area contributed by atoms with Crippen LogP contribution in [-0.4, -0.2) is 34.6 Å². The number of fused-ring (bicyclic) bond motifs is 1. The van der Waals surface area contributed by atoms with Crippen LogP contribution in [0.15, 0.2) is 48.5 Å². The number of alkyl halides is 3. The number of para-hydroxylation sites is 2. The SMILES string of the molecule is O=S1(=O)CCC(Cc2nc3ccccc3n2CC(O)c2ccccc2C(F)(F)F)C1. The second-order valence-electron chi connectivity index (χ2n) is 7.70. The molecule has 3 aromatic rings. The number of aromatic nitrogens is 2. The van der Waals surface area contributed by atoms with Crippen molar-refractivity contribution in [1.29, 1.82) is 0 Å². The molecule has 2 atom stereocenters. The summed E-state index contributed by atoms with van der Waals surface area (Å²) in [4.78, 5) is 4.58. The Labute approximate surface area is 172 Å². The van der Waals surface area contributed by atoms with Crippen LogP contribution < -0.4 is 0 Å². The van der Waals surface area contributed by atoms with Crippen LogP contribution in [0.5, 0.6) is 0 Å². The van der Waals surface area contributed by atoms with E-state index in [0.717, 1.165) is 6.07 Å². The monoisotopic (exact) mass is 438 g/mol. The van der Waals surface area contributed by atoms with Gasteiger partial charge in [-0.2, -0.15) is 13.2 Å². The molecule has 1 aliphatic heterocycles.